The fourth-order valence-corrected chi connectivity index (χ4v) is 0. The van der Waals surface area contributed by atoms with E-state index in [2.05, 4.69) is 13.6 Å². The van der Waals surface area contributed by atoms with E-state index in [1.807, 2.05) is 0 Å². The fourth-order valence-electron chi connectivity index (χ4n) is 0. The van der Waals surface area contributed by atoms with Crippen LogP contribution < -0.4 is 0 Å². The molecule has 6 heavy (non-hydrogen) atoms. The second-order valence-electron chi connectivity index (χ2n) is 0. The average molecular weight is 176 g/mol. The van der Waals surface area contributed by atoms with Crippen LogP contribution in [0.5, 0.6) is 0 Å². The first-order valence-corrected chi connectivity index (χ1v) is 0.471. The van der Waals surface area contributed by atoms with Crippen LogP contribution in [-0.2, 0) is 29.1 Å². The molecular weight excluding hydrogens is 171 g/mol. The van der Waals surface area contributed by atoms with Crippen LogP contribution in [-0.4, -0.2) is 13.6 Å². The molecule has 0 amide bonds. The van der Waals surface area contributed by atoms with Crippen molar-refractivity contribution in [3.63, 3.8) is 0 Å². The predicted octanol–water partition coefficient (Wildman–Crippen LogP) is -0.100. The fraction of sp³-hybridized carbons (Fsp3) is 0. The van der Waals surface area contributed by atoms with Crippen molar-refractivity contribution < 1.29 is 29.1 Å². The van der Waals surface area contributed by atoms with E-state index in [4.69, 9.17) is 9.59 Å². The first kappa shape index (κ1) is 38.1. The Balaban J connectivity index is -0.00000000500. The van der Waals surface area contributed by atoms with Gasteiger partial charge in [-0.1, -0.05) is 0 Å². The Morgan fingerprint density at radius 1 is 0.833 bits per heavy atom. The molecule has 0 rings (SSSR count). The van der Waals surface area contributed by atoms with Gasteiger partial charge in [0.05, 0.1) is 0 Å². The van der Waals surface area contributed by atoms with E-state index in [0.717, 1.165) is 0 Å². The maximum Gasteiger partial charge on any atom is 3.00 e. The van der Waals surface area contributed by atoms with E-state index in [-0.39, 0.29) is 26.9 Å². The summed E-state index contributed by atoms with van der Waals surface area (Å²) in [6.45, 7) is 6.50. The first-order chi connectivity index (χ1) is 2.00. The molecule has 0 aromatic heterocycles. The van der Waals surface area contributed by atoms with Gasteiger partial charge in [0.1, 0.15) is 0 Å². The largest absolute Gasteiger partial charge is 3.00 e. The van der Waals surface area contributed by atoms with E-state index < -0.39 is 0 Å². The summed E-state index contributed by atoms with van der Waals surface area (Å²) in [6.07, 6.45) is 0. The van der Waals surface area contributed by atoms with Crippen molar-refractivity contribution in [2.24, 2.45) is 0 Å². The van der Waals surface area contributed by atoms with E-state index in [9.17, 15) is 0 Å². The van der Waals surface area contributed by atoms with Crippen LogP contribution in [0.15, 0.2) is 0 Å². The van der Waals surface area contributed by atoms with E-state index >= 15 is 0 Å². The Hall–Kier alpha value is -0.0366. The van der Waals surface area contributed by atoms with Gasteiger partial charge in [0.15, 0.2) is 0 Å². The van der Waals surface area contributed by atoms with Gasteiger partial charge in [-0.25, -0.2) is 0 Å². The maximum atomic E-state index is 7.75. The number of rotatable bonds is 0. The molecule has 0 bridgehead atoms. The quantitative estimate of drug-likeness (QED) is 0.293. The van der Waals surface area contributed by atoms with Crippen LogP contribution in [0.3, 0.4) is 0 Å². The molecule has 0 atom stereocenters. The summed E-state index contributed by atoms with van der Waals surface area (Å²) in [5.41, 5.74) is 0. The SMILES string of the molecule is [CH-]=O.[CH-]=O.[CH3-].[Rh+3]. The standard InChI is InChI=1S/2CHO.CH3.Rh/c2*1-2;;/h2*1H;1H3;/q3*-1;+3. The van der Waals surface area contributed by atoms with Gasteiger partial charge >= 0.3 is 19.5 Å². The van der Waals surface area contributed by atoms with Crippen molar-refractivity contribution in [1.29, 1.82) is 0 Å². The molecule has 38 valence electrons. The normalized spacial score (nSPS) is 1.33. The molecule has 2 nitrogen and oxygen atoms in total. The maximum absolute atomic E-state index is 7.75. The summed E-state index contributed by atoms with van der Waals surface area (Å²) in [5, 5.41) is 0. The van der Waals surface area contributed by atoms with Gasteiger partial charge in [0.25, 0.3) is 0 Å². The molecule has 0 N–H and O–H groups in total. The smallest absolute Gasteiger partial charge is 0.545 e. The van der Waals surface area contributed by atoms with E-state index in [1.54, 1.807) is 0 Å². The summed E-state index contributed by atoms with van der Waals surface area (Å²) >= 11 is 0. The molecule has 0 aliphatic rings. The van der Waals surface area contributed by atoms with Gasteiger partial charge in [-0.15, -0.1) is 0 Å². The Morgan fingerprint density at radius 2 is 0.833 bits per heavy atom. The Kier molecular flexibility index (Phi) is 369000. The van der Waals surface area contributed by atoms with Crippen LogP contribution in [0.2, 0.25) is 0 Å². The molecule has 0 saturated heterocycles. The Labute approximate surface area is 50.7 Å². The van der Waals surface area contributed by atoms with Crippen LogP contribution in [0.4, 0.5) is 0 Å². The summed E-state index contributed by atoms with van der Waals surface area (Å²) in [5.74, 6) is 0. The van der Waals surface area contributed by atoms with Crippen molar-refractivity contribution >= 4 is 13.6 Å². The molecule has 3 heteroatoms. The molecule has 0 aliphatic heterocycles. The summed E-state index contributed by atoms with van der Waals surface area (Å²) in [7, 11) is 0. The van der Waals surface area contributed by atoms with Gasteiger partial charge in [-0.3, -0.25) is 13.6 Å². The molecule has 0 unspecified atom stereocenters. The number of hydrogen-bond donors (Lipinski definition) is 0. The molecule has 0 spiro atoms. The monoisotopic (exact) mass is 176 g/mol. The zero-order chi connectivity index (χ0) is 4.00. The summed E-state index contributed by atoms with van der Waals surface area (Å²) in [4.78, 5) is 15.5. The summed E-state index contributed by atoms with van der Waals surface area (Å²) in [6, 6.07) is 0. The van der Waals surface area contributed by atoms with Gasteiger partial charge < -0.3 is 17.0 Å². The van der Waals surface area contributed by atoms with Gasteiger partial charge in [-0.2, -0.15) is 0 Å². The number of carbonyl (C=O) groups excluding carboxylic acids is 2. The van der Waals surface area contributed by atoms with Crippen LogP contribution in [0.1, 0.15) is 0 Å². The Morgan fingerprint density at radius 3 is 0.833 bits per heavy atom. The first-order valence-electron chi connectivity index (χ1n) is 0.471. The molecular formula is C3H5O2Rh. The Bertz CT molecular complexity index is 10.8. The van der Waals surface area contributed by atoms with Gasteiger partial charge in [0, 0.05) is 0 Å². The average Bonchev–Trinajstić information content (AvgIpc) is 1.50. The molecule has 0 aromatic carbocycles. The third-order valence-electron chi connectivity index (χ3n) is 0. The summed E-state index contributed by atoms with van der Waals surface area (Å²) < 4.78 is 0. The molecule has 0 radical (unpaired) electrons. The van der Waals surface area contributed by atoms with Crippen molar-refractivity contribution in [2.45, 2.75) is 0 Å². The molecule has 0 saturated carbocycles. The second kappa shape index (κ2) is 58100. The molecule has 0 aliphatic carbocycles. The third-order valence-corrected chi connectivity index (χ3v) is 0. The van der Waals surface area contributed by atoms with Crippen molar-refractivity contribution in [3.05, 3.63) is 7.43 Å². The minimum atomic E-state index is 0. The number of hydrogen-bond acceptors (Lipinski definition) is 2. The molecule has 0 aromatic rings. The van der Waals surface area contributed by atoms with Crippen molar-refractivity contribution in [1.82, 2.24) is 0 Å². The minimum absolute atomic E-state index is 0. The van der Waals surface area contributed by atoms with Crippen molar-refractivity contribution in [3.8, 4) is 0 Å². The zero-order valence-corrected chi connectivity index (χ0v) is 4.94. The van der Waals surface area contributed by atoms with Crippen LogP contribution in [0.25, 0.3) is 0 Å². The van der Waals surface area contributed by atoms with Gasteiger partial charge in [-0.05, 0) is 0 Å². The minimum Gasteiger partial charge on any atom is -0.545 e. The van der Waals surface area contributed by atoms with E-state index in [0.29, 0.717) is 0 Å². The van der Waals surface area contributed by atoms with Crippen molar-refractivity contribution in [2.75, 3.05) is 0 Å². The van der Waals surface area contributed by atoms with E-state index in [1.165, 1.54) is 0 Å². The third kappa shape index (κ3) is 25900. The zero-order valence-electron chi connectivity index (χ0n) is 3.30. The molecule has 0 fully saturated rings. The predicted molar refractivity (Wildman–Crippen MR) is 19.9 cm³/mol. The topological polar surface area (TPSA) is 34.1 Å². The second-order valence-corrected chi connectivity index (χ2v) is 0. The van der Waals surface area contributed by atoms with Crippen LogP contribution >= 0.6 is 0 Å². The van der Waals surface area contributed by atoms with Gasteiger partial charge in [0.2, 0.25) is 0 Å². The van der Waals surface area contributed by atoms with Crippen LogP contribution in [0, 0.1) is 7.43 Å². The molecule has 0 heterocycles.